The van der Waals surface area contributed by atoms with Gasteiger partial charge in [0.25, 0.3) is 0 Å². The molecule has 2 nitrogen and oxygen atoms in total. The van der Waals surface area contributed by atoms with Crippen LogP contribution in [0.2, 0.25) is 0 Å². The Bertz CT molecular complexity index is 506. The van der Waals surface area contributed by atoms with E-state index >= 15 is 0 Å². The summed E-state index contributed by atoms with van der Waals surface area (Å²) in [5.41, 5.74) is 1.31. The molecule has 2 rings (SSSR count). The molecule has 4 heteroatoms. The lowest BCUT2D eigenvalue weighted by Gasteiger charge is -2.13. The number of aromatic nitrogens is 1. The first-order chi connectivity index (χ1) is 8.45. The Hall–Kier alpha value is -0.710. The maximum absolute atomic E-state index is 4.68. The standard InChI is InChI=1S/C14H20N2S2/c1-10-5-6-12(18-10)8-15-7-11-9-17-13(16-11)14(2,3)4/h5-6,9,15H,7-8H2,1-4H3. The molecule has 0 bridgehead atoms. The lowest BCUT2D eigenvalue weighted by molar-refractivity contribution is 0.579. The van der Waals surface area contributed by atoms with Crippen molar-refractivity contribution in [1.82, 2.24) is 10.3 Å². The second-order valence-electron chi connectivity index (χ2n) is 5.51. The van der Waals surface area contributed by atoms with Gasteiger partial charge in [-0.3, -0.25) is 0 Å². The zero-order chi connectivity index (χ0) is 13.2. The molecule has 0 amide bonds. The van der Waals surface area contributed by atoms with Crippen molar-refractivity contribution in [2.24, 2.45) is 0 Å². The number of rotatable bonds is 4. The molecule has 2 heterocycles. The molecule has 0 aliphatic carbocycles. The summed E-state index contributed by atoms with van der Waals surface area (Å²) in [6, 6.07) is 4.36. The number of thiophene rings is 1. The van der Waals surface area contributed by atoms with E-state index in [0.717, 1.165) is 18.8 Å². The van der Waals surface area contributed by atoms with Crippen LogP contribution < -0.4 is 5.32 Å². The van der Waals surface area contributed by atoms with Gasteiger partial charge in [0.1, 0.15) is 0 Å². The van der Waals surface area contributed by atoms with Gasteiger partial charge < -0.3 is 5.32 Å². The maximum atomic E-state index is 4.68. The van der Waals surface area contributed by atoms with Gasteiger partial charge in [-0.2, -0.15) is 0 Å². The molecule has 0 aliphatic heterocycles. The van der Waals surface area contributed by atoms with Crippen LogP contribution in [0.3, 0.4) is 0 Å². The quantitative estimate of drug-likeness (QED) is 0.912. The molecule has 0 radical (unpaired) electrons. The van der Waals surface area contributed by atoms with E-state index in [9.17, 15) is 0 Å². The molecule has 2 aromatic rings. The molecular formula is C14H20N2S2. The van der Waals surface area contributed by atoms with Crippen LogP contribution in [0.15, 0.2) is 17.5 Å². The van der Waals surface area contributed by atoms with Gasteiger partial charge in [0.05, 0.1) is 10.7 Å². The minimum Gasteiger partial charge on any atom is -0.306 e. The molecule has 2 aromatic heterocycles. The van der Waals surface area contributed by atoms with Crippen LogP contribution in [-0.2, 0) is 18.5 Å². The van der Waals surface area contributed by atoms with Gasteiger partial charge in [0, 0.05) is 33.6 Å². The molecule has 0 saturated heterocycles. The molecule has 0 aromatic carbocycles. The largest absolute Gasteiger partial charge is 0.306 e. The highest BCUT2D eigenvalue weighted by Gasteiger charge is 2.17. The van der Waals surface area contributed by atoms with Crippen molar-refractivity contribution in [3.05, 3.63) is 38.0 Å². The Kier molecular flexibility index (Phi) is 4.20. The van der Waals surface area contributed by atoms with Crippen LogP contribution in [0.4, 0.5) is 0 Å². The fourth-order valence-electron chi connectivity index (χ4n) is 1.63. The van der Waals surface area contributed by atoms with Crippen LogP contribution in [0.1, 0.15) is 41.2 Å². The van der Waals surface area contributed by atoms with Gasteiger partial charge in [0.15, 0.2) is 0 Å². The van der Waals surface area contributed by atoms with Crippen molar-refractivity contribution in [3.8, 4) is 0 Å². The van der Waals surface area contributed by atoms with Gasteiger partial charge in [-0.1, -0.05) is 20.8 Å². The maximum Gasteiger partial charge on any atom is 0.0982 e. The first-order valence-electron chi connectivity index (χ1n) is 6.16. The summed E-state index contributed by atoms with van der Waals surface area (Å²) in [5.74, 6) is 0. The average Bonchev–Trinajstić information content (AvgIpc) is 2.87. The zero-order valence-electron chi connectivity index (χ0n) is 11.4. The van der Waals surface area contributed by atoms with Gasteiger partial charge in [-0.25, -0.2) is 4.98 Å². The Labute approximate surface area is 117 Å². The van der Waals surface area contributed by atoms with Crippen molar-refractivity contribution in [2.45, 2.75) is 46.2 Å². The number of hydrogen-bond donors (Lipinski definition) is 1. The van der Waals surface area contributed by atoms with Gasteiger partial charge in [-0.15, -0.1) is 22.7 Å². The summed E-state index contributed by atoms with van der Waals surface area (Å²) in [6.07, 6.45) is 0. The van der Waals surface area contributed by atoms with E-state index in [1.165, 1.54) is 14.8 Å². The third kappa shape index (κ3) is 3.64. The lowest BCUT2D eigenvalue weighted by Crippen LogP contribution is -2.14. The summed E-state index contributed by atoms with van der Waals surface area (Å²) in [5, 5.41) is 6.82. The minimum absolute atomic E-state index is 0.160. The summed E-state index contributed by atoms with van der Waals surface area (Å²) in [7, 11) is 0. The zero-order valence-corrected chi connectivity index (χ0v) is 13.0. The highest BCUT2D eigenvalue weighted by molar-refractivity contribution is 7.11. The highest BCUT2D eigenvalue weighted by Crippen LogP contribution is 2.25. The van der Waals surface area contributed by atoms with E-state index in [4.69, 9.17) is 0 Å². The van der Waals surface area contributed by atoms with Gasteiger partial charge >= 0.3 is 0 Å². The van der Waals surface area contributed by atoms with Gasteiger partial charge in [0.2, 0.25) is 0 Å². The third-order valence-electron chi connectivity index (χ3n) is 2.59. The SMILES string of the molecule is Cc1ccc(CNCc2csc(C(C)(C)C)n2)s1. The molecule has 0 unspecified atom stereocenters. The summed E-state index contributed by atoms with van der Waals surface area (Å²) >= 11 is 3.61. The molecule has 0 aliphatic rings. The van der Waals surface area contributed by atoms with Crippen LogP contribution in [0.5, 0.6) is 0 Å². The number of aryl methyl sites for hydroxylation is 1. The first-order valence-corrected chi connectivity index (χ1v) is 7.86. The molecule has 0 spiro atoms. The van der Waals surface area contributed by atoms with Crippen LogP contribution in [-0.4, -0.2) is 4.98 Å². The van der Waals surface area contributed by atoms with Crippen molar-refractivity contribution in [3.63, 3.8) is 0 Å². The smallest absolute Gasteiger partial charge is 0.0982 e. The Morgan fingerprint density at radius 2 is 2.00 bits per heavy atom. The molecule has 0 atom stereocenters. The van der Waals surface area contributed by atoms with E-state index in [1.807, 2.05) is 11.3 Å². The molecule has 98 valence electrons. The third-order valence-corrected chi connectivity index (χ3v) is 4.91. The van der Waals surface area contributed by atoms with Gasteiger partial charge in [-0.05, 0) is 19.1 Å². The molecule has 0 fully saturated rings. The molecule has 1 N–H and O–H groups in total. The Balaban J connectivity index is 1.85. The van der Waals surface area contributed by atoms with Crippen molar-refractivity contribution >= 4 is 22.7 Å². The average molecular weight is 280 g/mol. The van der Waals surface area contributed by atoms with Crippen LogP contribution in [0.25, 0.3) is 0 Å². The lowest BCUT2D eigenvalue weighted by atomic mass is 9.98. The van der Waals surface area contributed by atoms with E-state index in [2.05, 4.69) is 55.5 Å². The number of thiazole rings is 1. The van der Waals surface area contributed by atoms with E-state index in [1.54, 1.807) is 11.3 Å². The molecular weight excluding hydrogens is 260 g/mol. The minimum atomic E-state index is 0.160. The predicted octanol–water partition coefficient (Wildman–Crippen LogP) is 4.10. The number of nitrogens with one attached hydrogen (secondary N) is 1. The Morgan fingerprint density at radius 3 is 2.56 bits per heavy atom. The Morgan fingerprint density at radius 1 is 1.22 bits per heavy atom. The van der Waals surface area contributed by atoms with E-state index < -0.39 is 0 Å². The first kappa shape index (κ1) is 13.7. The molecule has 18 heavy (non-hydrogen) atoms. The fourth-order valence-corrected chi connectivity index (χ4v) is 3.39. The normalized spacial score (nSPS) is 12.0. The summed E-state index contributed by atoms with van der Waals surface area (Å²) in [4.78, 5) is 7.44. The second kappa shape index (κ2) is 5.51. The predicted molar refractivity (Wildman–Crippen MR) is 80.4 cm³/mol. The van der Waals surface area contributed by atoms with Crippen molar-refractivity contribution in [1.29, 1.82) is 0 Å². The second-order valence-corrected chi connectivity index (χ2v) is 7.74. The topological polar surface area (TPSA) is 24.9 Å². The fraction of sp³-hybridized carbons (Fsp3) is 0.500. The number of hydrogen-bond acceptors (Lipinski definition) is 4. The monoisotopic (exact) mass is 280 g/mol. The van der Waals surface area contributed by atoms with Crippen molar-refractivity contribution < 1.29 is 0 Å². The summed E-state index contributed by atoms with van der Waals surface area (Å²) < 4.78 is 0. The van der Waals surface area contributed by atoms with Crippen LogP contribution >= 0.6 is 22.7 Å². The summed E-state index contributed by atoms with van der Waals surface area (Å²) in [6.45, 7) is 10.5. The van der Waals surface area contributed by atoms with E-state index in [-0.39, 0.29) is 5.41 Å². The van der Waals surface area contributed by atoms with Crippen molar-refractivity contribution in [2.75, 3.05) is 0 Å². The van der Waals surface area contributed by atoms with E-state index in [0.29, 0.717) is 0 Å². The van der Waals surface area contributed by atoms with Crippen LogP contribution in [0, 0.1) is 6.92 Å². The molecule has 0 saturated carbocycles. The number of nitrogens with zero attached hydrogens (tertiary/aromatic N) is 1. The highest BCUT2D eigenvalue weighted by atomic mass is 32.1.